The first-order chi connectivity index (χ1) is 13.6. The van der Waals surface area contributed by atoms with Crippen LogP contribution >= 0.6 is 11.6 Å². The monoisotopic (exact) mass is 393 g/mol. The minimum Gasteiger partial charge on any atom is -0.345 e. The smallest absolute Gasteiger partial charge is 0.251 e. The normalized spacial score (nSPS) is 10.9. The van der Waals surface area contributed by atoms with Gasteiger partial charge < -0.3 is 9.88 Å². The number of carbonyl (C=O) groups is 1. The molecule has 0 radical (unpaired) electrons. The van der Waals surface area contributed by atoms with Crippen LogP contribution < -0.4 is 5.32 Å². The maximum atomic E-state index is 13.2. The molecule has 0 aliphatic rings. The summed E-state index contributed by atoms with van der Waals surface area (Å²) in [7, 11) is 0. The molecule has 4 aromatic rings. The molecule has 0 aliphatic carbocycles. The zero-order valence-corrected chi connectivity index (χ0v) is 15.7. The third kappa shape index (κ3) is 3.89. The number of rotatable bonds is 5. The number of hydrogen-bond acceptors (Lipinski definition) is 2. The van der Waals surface area contributed by atoms with E-state index in [0.717, 1.165) is 22.4 Å². The lowest BCUT2D eigenvalue weighted by molar-refractivity contribution is 0.0949. The van der Waals surface area contributed by atoms with Crippen molar-refractivity contribution in [2.24, 2.45) is 0 Å². The Morgan fingerprint density at radius 2 is 1.82 bits per heavy atom. The molecular weight excluding hydrogens is 377 g/mol. The second kappa shape index (κ2) is 7.82. The summed E-state index contributed by atoms with van der Waals surface area (Å²) in [6.07, 6.45) is 0. The summed E-state index contributed by atoms with van der Waals surface area (Å²) in [4.78, 5) is 17.1. The molecule has 0 fully saturated rings. The van der Waals surface area contributed by atoms with Crippen LogP contribution in [0.25, 0.3) is 11.0 Å². The minimum absolute atomic E-state index is 0.220. The molecule has 0 aliphatic heterocycles. The Morgan fingerprint density at radius 3 is 2.61 bits per heavy atom. The molecule has 4 rings (SSSR count). The highest BCUT2D eigenvalue weighted by molar-refractivity contribution is 6.30. The molecule has 1 heterocycles. The van der Waals surface area contributed by atoms with Gasteiger partial charge in [0.25, 0.3) is 5.91 Å². The van der Waals surface area contributed by atoms with Gasteiger partial charge >= 0.3 is 0 Å². The topological polar surface area (TPSA) is 46.9 Å². The van der Waals surface area contributed by atoms with Crippen LogP contribution in [0.15, 0.2) is 72.8 Å². The molecule has 1 N–H and O–H groups in total. The zero-order chi connectivity index (χ0) is 19.5. The van der Waals surface area contributed by atoms with E-state index >= 15 is 0 Å². The summed E-state index contributed by atoms with van der Waals surface area (Å²) in [5, 5.41) is 3.41. The van der Waals surface area contributed by atoms with Crippen molar-refractivity contribution in [3.63, 3.8) is 0 Å². The van der Waals surface area contributed by atoms with Crippen molar-refractivity contribution in [1.82, 2.24) is 14.9 Å². The van der Waals surface area contributed by atoms with Crippen molar-refractivity contribution in [3.05, 3.63) is 101 Å². The molecule has 0 unspecified atom stereocenters. The lowest BCUT2D eigenvalue weighted by Gasteiger charge is -2.11. The van der Waals surface area contributed by atoms with E-state index in [9.17, 15) is 9.18 Å². The summed E-state index contributed by atoms with van der Waals surface area (Å²) in [5.41, 5.74) is 3.25. The van der Waals surface area contributed by atoms with Crippen LogP contribution in [0.5, 0.6) is 0 Å². The van der Waals surface area contributed by atoms with Gasteiger partial charge in [-0.05, 0) is 48.0 Å². The van der Waals surface area contributed by atoms with Crippen molar-refractivity contribution in [2.75, 3.05) is 0 Å². The summed E-state index contributed by atoms with van der Waals surface area (Å²) in [6.45, 7) is 0.796. The maximum Gasteiger partial charge on any atom is 0.251 e. The fourth-order valence-corrected chi connectivity index (χ4v) is 3.29. The van der Waals surface area contributed by atoms with Gasteiger partial charge in [-0.2, -0.15) is 0 Å². The largest absolute Gasteiger partial charge is 0.345 e. The predicted molar refractivity (Wildman–Crippen MR) is 108 cm³/mol. The highest BCUT2D eigenvalue weighted by Crippen LogP contribution is 2.18. The first kappa shape index (κ1) is 18.2. The number of para-hydroxylation sites is 2. The number of carbonyl (C=O) groups excluding carboxylic acids is 1. The van der Waals surface area contributed by atoms with E-state index in [1.165, 1.54) is 12.1 Å². The number of nitrogens with one attached hydrogen (secondary N) is 1. The second-order valence-electron chi connectivity index (χ2n) is 6.42. The predicted octanol–water partition coefficient (Wildman–Crippen LogP) is 4.81. The minimum atomic E-state index is -0.270. The molecule has 28 heavy (non-hydrogen) atoms. The Kier molecular flexibility index (Phi) is 5.08. The quantitative estimate of drug-likeness (QED) is 0.529. The van der Waals surface area contributed by atoms with Crippen LogP contribution in [0, 0.1) is 5.82 Å². The molecule has 0 spiro atoms. The van der Waals surface area contributed by atoms with E-state index in [-0.39, 0.29) is 18.3 Å². The van der Waals surface area contributed by atoms with Gasteiger partial charge in [-0.25, -0.2) is 9.37 Å². The summed E-state index contributed by atoms with van der Waals surface area (Å²) in [5.74, 6) is 0.233. The van der Waals surface area contributed by atoms with Crippen molar-refractivity contribution in [1.29, 1.82) is 0 Å². The van der Waals surface area contributed by atoms with Crippen LogP contribution in [-0.4, -0.2) is 15.5 Å². The standard InChI is InChI=1S/C22H17ClFN3O/c23-17-5-3-4-16(12-17)22(28)25-13-21-26-19-6-1-2-7-20(19)27(21)14-15-8-10-18(24)11-9-15/h1-12H,13-14H2,(H,25,28). The number of fused-ring (bicyclic) bond motifs is 1. The third-order valence-corrected chi connectivity index (χ3v) is 4.72. The maximum absolute atomic E-state index is 13.2. The van der Waals surface area contributed by atoms with E-state index in [1.54, 1.807) is 36.4 Å². The highest BCUT2D eigenvalue weighted by Gasteiger charge is 2.13. The Morgan fingerprint density at radius 1 is 1.04 bits per heavy atom. The molecular formula is C22H17ClFN3O. The summed E-state index contributed by atoms with van der Waals surface area (Å²) in [6, 6.07) is 20.9. The average molecular weight is 394 g/mol. The summed E-state index contributed by atoms with van der Waals surface area (Å²) >= 11 is 5.96. The number of benzene rings is 3. The SMILES string of the molecule is O=C(NCc1nc2ccccc2n1Cc1ccc(F)cc1)c1cccc(Cl)c1. The molecule has 140 valence electrons. The number of aromatic nitrogens is 2. The van der Waals surface area contributed by atoms with E-state index < -0.39 is 0 Å². The van der Waals surface area contributed by atoms with Crippen molar-refractivity contribution in [2.45, 2.75) is 13.1 Å². The highest BCUT2D eigenvalue weighted by atomic mass is 35.5. The Labute approximate surface area is 166 Å². The van der Waals surface area contributed by atoms with Gasteiger partial charge in [0.05, 0.1) is 17.6 Å². The molecule has 0 saturated heterocycles. The molecule has 4 nitrogen and oxygen atoms in total. The lowest BCUT2D eigenvalue weighted by atomic mass is 10.2. The fourth-order valence-electron chi connectivity index (χ4n) is 3.10. The molecule has 0 saturated carbocycles. The van der Waals surface area contributed by atoms with Gasteiger partial charge in [0.2, 0.25) is 0 Å². The van der Waals surface area contributed by atoms with E-state index in [4.69, 9.17) is 11.6 Å². The Hall–Kier alpha value is -3.18. The number of amides is 1. The van der Waals surface area contributed by atoms with Crippen LogP contribution in [0.2, 0.25) is 5.02 Å². The van der Waals surface area contributed by atoms with Gasteiger partial charge in [-0.1, -0.05) is 41.9 Å². The van der Waals surface area contributed by atoms with E-state index in [2.05, 4.69) is 10.3 Å². The first-order valence-corrected chi connectivity index (χ1v) is 9.20. The number of imidazole rings is 1. The molecule has 6 heteroatoms. The number of hydrogen-bond donors (Lipinski definition) is 1. The van der Waals surface area contributed by atoms with Crippen LogP contribution in [0.4, 0.5) is 4.39 Å². The molecule has 1 aromatic heterocycles. The van der Waals surface area contributed by atoms with Crippen LogP contribution in [-0.2, 0) is 13.1 Å². The zero-order valence-electron chi connectivity index (χ0n) is 14.9. The molecule has 0 atom stereocenters. The Bertz CT molecular complexity index is 1140. The first-order valence-electron chi connectivity index (χ1n) is 8.82. The number of nitrogens with zero attached hydrogens (tertiary/aromatic N) is 2. The third-order valence-electron chi connectivity index (χ3n) is 4.48. The van der Waals surface area contributed by atoms with Crippen LogP contribution in [0.1, 0.15) is 21.7 Å². The van der Waals surface area contributed by atoms with Gasteiger partial charge in [0.15, 0.2) is 0 Å². The lowest BCUT2D eigenvalue weighted by Crippen LogP contribution is -2.24. The van der Waals surface area contributed by atoms with Crippen molar-refractivity contribution in [3.8, 4) is 0 Å². The fraction of sp³-hybridized carbons (Fsp3) is 0.0909. The van der Waals surface area contributed by atoms with Gasteiger partial charge in [0.1, 0.15) is 11.6 Å². The average Bonchev–Trinajstić information content (AvgIpc) is 3.05. The van der Waals surface area contributed by atoms with Crippen molar-refractivity contribution < 1.29 is 9.18 Å². The van der Waals surface area contributed by atoms with Crippen LogP contribution in [0.3, 0.4) is 0 Å². The van der Waals surface area contributed by atoms with Gasteiger partial charge in [-0.15, -0.1) is 0 Å². The van der Waals surface area contributed by atoms with E-state index in [0.29, 0.717) is 17.1 Å². The molecule has 3 aromatic carbocycles. The Balaban J connectivity index is 1.61. The van der Waals surface area contributed by atoms with Gasteiger partial charge in [0, 0.05) is 17.1 Å². The van der Waals surface area contributed by atoms with Crippen molar-refractivity contribution >= 4 is 28.5 Å². The second-order valence-corrected chi connectivity index (χ2v) is 6.86. The number of halogens is 2. The van der Waals surface area contributed by atoms with Gasteiger partial charge in [-0.3, -0.25) is 4.79 Å². The molecule has 1 amide bonds. The van der Waals surface area contributed by atoms with E-state index in [1.807, 2.05) is 28.8 Å². The summed E-state index contributed by atoms with van der Waals surface area (Å²) < 4.78 is 15.2. The molecule has 0 bridgehead atoms.